The van der Waals surface area contributed by atoms with Crippen LogP contribution in [0.5, 0.6) is 0 Å². The van der Waals surface area contributed by atoms with E-state index in [1.54, 1.807) is 0 Å². The molecule has 0 spiro atoms. The fraction of sp³-hybridized carbons (Fsp3) is 1.00. The van der Waals surface area contributed by atoms with E-state index in [9.17, 15) is 0 Å². The van der Waals surface area contributed by atoms with Crippen molar-refractivity contribution in [2.75, 3.05) is 0 Å². The van der Waals surface area contributed by atoms with E-state index < -0.39 is 8.07 Å². The van der Waals surface area contributed by atoms with Gasteiger partial charge < -0.3 is 11.5 Å². The largest absolute Gasteiger partial charge is 0.326 e. The lowest BCUT2D eigenvalue weighted by Gasteiger charge is -2.38. The Labute approximate surface area is 76.7 Å². The summed E-state index contributed by atoms with van der Waals surface area (Å²) in [5.74, 6) is 0. The molecule has 0 saturated heterocycles. The molecule has 1 rings (SSSR count). The van der Waals surface area contributed by atoms with Crippen LogP contribution >= 0.6 is 0 Å². The van der Waals surface area contributed by atoms with E-state index in [1.165, 1.54) is 6.42 Å². The molecule has 0 aromatic carbocycles. The maximum Gasteiger partial charge on any atom is 0.0474 e. The van der Waals surface area contributed by atoms with Crippen LogP contribution < -0.4 is 11.5 Å². The molecule has 72 valence electrons. The molecule has 2 nitrogen and oxygen atoms in total. The molecule has 1 aliphatic rings. The minimum atomic E-state index is -0.963. The smallest absolute Gasteiger partial charge is 0.0474 e. The molecule has 0 bridgehead atoms. The Morgan fingerprint density at radius 1 is 1.00 bits per heavy atom. The van der Waals surface area contributed by atoms with Crippen LogP contribution in [-0.4, -0.2) is 20.2 Å². The first-order valence-electron chi connectivity index (χ1n) is 4.92. The van der Waals surface area contributed by atoms with Gasteiger partial charge in [-0.25, -0.2) is 0 Å². The number of nitrogens with two attached hydrogens (primary N) is 2. The molecule has 3 unspecified atom stereocenters. The lowest BCUT2D eigenvalue weighted by atomic mass is 9.91. The first-order valence-corrected chi connectivity index (χ1v) is 8.50. The van der Waals surface area contributed by atoms with Crippen molar-refractivity contribution in [2.24, 2.45) is 11.5 Å². The van der Waals surface area contributed by atoms with Crippen molar-refractivity contribution in [1.29, 1.82) is 0 Å². The quantitative estimate of drug-likeness (QED) is 0.610. The lowest BCUT2D eigenvalue weighted by molar-refractivity contribution is 0.379. The van der Waals surface area contributed by atoms with Crippen molar-refractivity contribution in [3.05, 3.63) is 0 Å². The van der Waals surface area contributed by atoms with Gasteiger partial charge in [-0.3, -0.25) is 0 Å². The van der Waals surface area contributed by atoms with Crippen molar-refractivity contribution in [2.45, 2.75) is 56.5 Å². The third-order valence-electron chi connectivity index (χ3n) is 3.18. The van der Waals surface area contributed by atoms with Gasteiger partial charge in [0.2, 0.25) is 0 Å². The Balaban J connectivity index is 2.51. The summed E-state index contributed by atoms with van der Waals surface area (Å²) in [4.78, 5) is 0. The van der Waals surface area contributed by atoms with E-state index in [1.807, 2.05) is 0 Å². The van der Waals surface area contributed by atoms with Crippen molar-refractivity contribution in [3.8, 4) is 0 Å². The maximum absolute atomic E-state index is 5.96. The van der Waals surface area contributed by atoms with Crippen molar-refractivity contribution in [3.63, 3.8) is 0 Å². The van der Waals surface area contributed by atoms with Gasteiger partial charge in [-0.05, 0) is 18.4 Å². The van der Waals surface area contributed by atoms with Gasteiger partial charge in [0.15, 0.2) is 0 Å². The first-order chi connectivity index (χ1) is 5.41. The highest BCUT2D eigenvalue weighted by atomic mass is 28.3. The van der Waals surface area contributed by atoms with Crippen LogP contribution in [-0.2, 0) is 0 Å². The van der Waals surface area contributed by atoms with Gasteiger partial charge in [0.25, 0.3) is 0 Å². The molecule has 12 heavy (non-hydrogen) atoms. The van der Waals surface area contributed by atoms with Gasteiger partial charge in [-0.1, -0.05) is 26.1 Å². The second kappa shape index (κ2) is 3.48. The van der Waals surface area contributed by atoms with Crippen LogP contribution in [0.3, 0.4) is 0 Å². The minimum absolute atomic E-state index is 0.260. The fourth-order valence-electron chi connectivity index (χ4n) is 2.02. The molecule has 0 aliphatic heterocycles. The van der Waals surface area contributed by atoms with Crippen molar-refractivity contribution < 1.29 is 0 Å². The van der Waals surface area contributed by atoms with Gasteiger partial charge in [0.05, 0.1) is 0 Å². The zero-order chi connectivity index (χ0) is 9.35. The molecule has 1 fully saturated rings. The molecule has 0 heterocycles. The molecule has 0 aromatic heterocycles. The number of hydrogen-bond donors (Lipinski definition) is 2. The minimum Gasteiger partial charge on any atom is -0.326 e. The van der Waals surface area contributed by atoms with Gasteiger partial charge >= 0.3 is 0 Å². The van der Waals surface area contributed by atoms with Crippen LogP contribution in [0.4, 0.5) is 0 Å². The van der Waals surface area contributed by atoms with E-state index in [-0.39, 0.29) is 12.1 Å². The summed E-state index contributed by atoms with van der Waals surface area (Å²) in [6.45, 7) is 7.30. The van der Waals surface area contributed by atoms with Gasteiger partial charge in [-0.15, -0.1) is 0 Å². The standard InChI is InChI=1S/C9H22N2Si/c1-12(2,3)7-4-5-8(10)9(11)6-7/h7-9H,4-6,10-11H2,1-3H3. The second-order valence-corrected chi connectivity index (χ2v) is 10.8. The fourth-order valence-corrected chi connectivity index (χ4v) is 4.03. The normalized spacial score (nSPS) is 38.2. The highest BCUT2D eigenvalue weighted by Crippen LogP contribution is 2.35. The lowest BCUT2D eigenvalue weighted by Crippen LogP contribution is -2.48. The number of rotatable bonds is 1. The zero-order valence-corrected chi connectivity index (χ0v) is 9.51. The van der Waals surface area contributed by atoms with Crippen LogP contribution in [0.1, 0.15) is 19.3 Å². The summed E-state index contributed by atoms with van der Waals surface area (Å²) in [5, 5.41) is 0. The third-order valence-corrected chi connectivity index (χ3v) is 6.15. The summed E-state index contributed by atoms with van der Waals surface area (Å²) in [7, 11) is -0.963. The topological polar surface area (TPSA) is 52.0 Å². The molecule has 1 aliphatic carbocycles. The van der Waals surface area contributed by atoms with Gasteiger partial charge in [-0.2, -0.15) is 0 Å². The highest BCUT2D eigenvalue weighted by Gasteiger charge is 2.33. The molecule has 4 N–H and O–H groups in total. The predicted molar refractivity (Wildman–Crippen MR) is 56.9 cm³/mol. The van der Waals surface area contributed by atoms with E-state index in [0.29, 0.717) is 0 Å². The summed E-state index contributed by atoms with van der Waals surface area (Å²) in [6.07, 6.45) is 3.61. The molecule has 3 heteroatoms. The summed E-state index contributed by atoms with van der Waals surface area (Å²) >= 11 is 0. The monoisotopic (exact) mass is 186 g/mol. The van der Waals surface area contributed by atoms with Gasteiger partial charge in [0.1, 0.15) is 0 Å². The summed E-state index contributed by atoms with van der Waals surface area (Å²) in [5.41, 5.74) is 12.7. The second-order valence-electron chi connectivity index (χ2n) is 5.20. The van der Waals surface area contributed by atoms with Gasteiger partial charge in [0, 0.05) is 20.2 Å². The molecular formula is C9H22N2Si. The van der Waals surface area contributed by atoms with E-state index in [4.69, 9.17) is 11.5 Å². The van der Waals surface area contributed by atoms with E-state index in [0.717, 1.165) is 18.4 Å². The Hall–Kier alpha value is 0.137. The summed E-state index contributed by atoms with van der Waals surface area (Å²) in [6, 6.07) is 0.521. The van der Waals surface area contributed by atoms with Crippen molar-refractivity contribution in [1.82, 2.24) is 0 Å². The molecule has 3 atom stereocenters. The Kier molecular flexibility index (Phi) is 2.96. The number of hydrogen-bond acceptors (Lipinski definition) is 2. The SMILES string of the molecule is C[Si](C)(C)C1CCC(N)C(N)C1. The maximum atomic E-state index is 5.96. The highest BCUT2D eigenvalue weighted by molar-refractivity contribution is 6.77. The average Bonchev–Trinajstić information content (AvgIpc) is 1.92. The van der Waals surface area contributed by atoms with Crippen LogP contribution in [0.15, 0.2) is 0 Å². The molecule has 0 radical (unpaired) electrons. The third kappa shape index (κ3) is 2.31. The zero-order valence-electron chi connectivity index (χ0n) is 8.51. The summed E-state index contributed by atoms with van der Waals surface area (Å²) < 4.78 is 0. The van der Waals surface area contributed by atoms with E-state index >= 15 is 0 Å². The average molecular weight is 186 g/mol. The molecule has 1 saturated carbocycles. The first kappa shape index (κ1) is 10.2. The van der Waals surface area contributed by atoms with Crippen LogP contribution in [0, 0.1) is 0 Å². The van der Waals surface area contributed by atoms with E-state index in [2.05, 4.69) is 19.6 Å². The Bertz CT molecular complexity index is 153. The Morgan fingerprint density at radius 3 is 2.00 bits per heavy atom. The molecular weight excluding hydrogens is 164 g/mol. The van der Waals surface area contributed by atoms with Crippen LogP contribution in [0.2, 0.25) is 25.2 Å². The molecule has 0 amide bonds. The van der Waals surface area contributed by atoms with Crippen LogP contribution in [0.25, 0.3) is 0 Å². The predicted octanol–water partition coefficient (Wildman–Crippen LogP) is 1.53. The van der Waals surface area contributed by atoms with Crippen molar-refractivity contribution >= 4 is 8.07 Å². The molecule has 0 aromatic rings. The Morgan fingerprint density at radius 2 is 1.58 bits per heavy atom.